The van der Waals surface area contributed by atoms with E-state index in [1.54, 1.807) is 55.1 Å². The number of ether oxygens (including phenoxy) is 1. The van der Waals surface area contributed by atoms with Crippen LogP contribution < -0.4 is 10.1 Å². The van der Waals surface area contributed by atoms with Crippen LogP contribution in [0.25, 0.3) is 22.6 Å². The molecule has 0 aliphatic carbocycles. The molecular weight excluding hydrogens is 408 g/mol. The highest BCUT2D eigenvalue weighted by Crippen LogP contribution is 2.34. The number of nitrogens with zero attached hydrogens (tertiary/aromatic N) is 3. The second kappa shape index (κ2) is 7.72. The van der Waals surface area contributed by atoms with Crippen LogP contribution in [-0.2, 0) is 11.8 Å². The highest BCUT2D eigenvalue weighted by molar-refractivity contribution is 6.34. The van der Waals surface area contributed by atoms with Gasteiger partial charge in [0.2, 0.25) is 5.89 Å². The van der Waals surface area contributed by atoms with Crippen molar-refractivity contribution in [3.8, 4) is 23.0 Å². The molecule has 0 fully saturated rings. The molecule has 2 aromatic heterocycles. The minimum atomic E-state index is -0.847. The van der Waals surface area contributed by atoms with Crippen molar-refractivity contribution in [2.24, 2.45) is 7.05 Å². The zero-order chi connectivity index (χ0) is 21.4. The van der Waals surface area contributed by atoms with Crippen LogP contribution >= 0.6 is 11.6 Å². The van der Waals surface area contributed by atoms with E-state index in [0.717, 1.165) is 5.69 Å². The largest absolute Gasteiger partial charge is 0.504 e. The van der Waals surface area contributed by atoms with Crippen molar-refractivity contribution in [3.05, 3.63) is 53.2 Å². The normalized spacial score (nSPS) is 12.1. The Bertz CT molecular complexity index is 1250. The maximum atomic E-state index is 12.4. The van der Waals surface area contributed by atoms with Crippen LogP contribution in [0.2, 0.25) is 5.02 Å². The average molecular weight is 427 g/mol. The molecule has 1 atom stereocenters. The molecule has 0 saturated heterocycles. The number of carbonyl (C=O) groups is 1. The molecule has 1 unspecified atom stereocenters. The summed E-state index contributed by atoms with van der Waals surface area (Å²) in [7, 11) is 1.73. The number of aromatic nitrogens is 3. The van der Waals surface area contributed by atoms with Gasteiger partial charge in [-0.15, -0.1) is 0 Å². The summed E-state index contributed by atoms with van der Waals surface area (Å²) in [5.41, 5.74) is 2.43. The summed E-state index contributed by atoms with van der Waals surface area (Å²) in [5, 5.41) is 17.8. The molecule has 0 aliphatic heterocycles. The van der Waals surface area contributed by atoms with Crippen LogP contribution in [0, 0.1) is 6.92 Å². The molecular formula is C21H19ClN4O4. The van der Waals surface area contributed by atoms with E-state index in [9.17, 15) is 9.90 Å². The lowest BCUT2D eigenvalue weighted by atomic mass is 10.2. The molecule has 4 rings (SSSR count). The van der Waals surface area contributed by atoms with E-state index in [4.69, 9.17) is 20.8 Å². The molecule has 4 aromatic rings. The van der Waals surface area contributed by atoms with Gasteiger partial charge in [-0.05, 0) is 44.2 Å². The van der Waals surface area contributed by atoms with Crippen molar-refractivity contribution in [2.75, 3.05) is 5.32 Å². The minimum absolute atomic E-state index is 0.142. The second-order valence-electron chi connectivity index (χ2n) is 6.83. The fraction of sp³-hybridized carbons (Fsp3) is 0.190. The summed E-state index contributed by atoms with van der Waals surface area (Å²) in [6.07, 6.45) is -0.847. The molecule has 8 nitrogen and oxygen atoms in total. The summed E-state index contributed by atoms with van der Waals surface area (Å²) < 4.78 is 12.9. The molecule has 30 heavy (non-hydrogen) atoms. The van der Waals surface area contributed by atoms with E-state index in [-0.39, 0.29) is 17.4 Å². The van der Waals surface area contributed by atoms with Crippen molar-refractivity contribution < 1.29 is 19.1 Å². The van der Waals surface area contributed by atoms with Gasteiger partial charge in [0.25, 0.3) is 5.91 Å². The maximum Gasteiger partial charge on any atom is 0.266 e. The quantitative estimate of drug-likeness (QED) is 0.493. The number of phenols is 1. The third kappa shape index (κ3) is 3.81. The molecule has 0 bridgehead atoms. The smallest absolute Gasteiger partial charge is 0.266 e. The van der Waals surface area contributed by atoms with Gasteiger partial charge in [-0.3, -0.25) is 9.48 Å². The molecule has 0 saturated carbocycles. The number of rotatable bonds is 5. The van der Waals surface area contributed by atoms with Crippen molar-refractivity contribution in [1.29, 1.82) is 0 Å². The monoisotopic (exact) mass is 426 g/mol. The number of nitrogens with one attached hydrogen (secondary N) is 1. The molecule has 154 valence electrons. The SMILES string of the molecule is Cc1cc(NC(=O)C(C)Oc2ccc(-c3nc4c(Cl)cccc4o3)cc2O)n(C)n1. The van der Waals surface area contributed by atoms with Crippen LogP contribution in [-0.4, -0.2) is 31.9 Å². The average Bonchev–Trinajstić information content (AvgIpc) is 3.27. The van der Waals surface area contributed by atoms with Gasteiger partial charge >= 0.3 is 0 Å². The van der Waals surface area contributed by atoms with Gasteiger partial charge in [-0.25, -0.2) is 4.98 Å². The fourth-order valence-corrected chi connectivity index (χ4v) is 3.20. The van der Waals surface area contributed by atoms with Crippen LogP contribution in [0.4, 0.5) is 5.82 Å². The van der Waals surface area contributed by atoms with Crippen molar-refractivity contribution in [3.63, 3.8) is 0 Å². The first-order valence-corrected chi connectivity index (χ1v) is 9.56. The predicted octanol–water partition coefficient (Wildman–Crippen LogP) is 4.30. The van der Waals surface area contributed by atoms with Crippen molar-refractivity contribution in [2.45, 2.75) is 20.0 Å². The van der Waals surface area contributed by atoms with E-state index >= 15 is 0 Å². The number of hydrogen-bond donors (Lipinski definition) is 2. The Kier molecular flexibility index (Phi) is 5.09. The summed E-state index contributed by atoms with van der Waals surface area (Å²) >= 11 is 6.14. The Morgan fingerprint density at radius 1 is 1.30 bits per heavy atom. The number of halogens is 1. The first-order valence-electron chi connectivity index (χ1n) is 9.18. The van der Waals surface area contributed by atoms with Gasteiger partial charge in [-0.1, -0.05) is 17.7 Å². The van der Waals surface area contributed by atoms with E-state index < -0.39 is 6.10 Å². The number of amides is 1. The van der Waals surface area contributed by atoms with Gasteiger partial charge in [0.15, 0.2) is 23.2 Å². The molecule has 2 aromatic carbocycles. The third-order valence-electron chi connectivity index (χ3n) is 4.50. The molecule has 2 N–H and O–H groups in total. The highest BCUT2D eigenvalue weighted by atomic mass is 35.5. The highest BCUT2D eigenvalue weighted by Gasteiger charge is 2.19. The Morgan fingerprint density at radius 2 is 2.10 bits per heavy atom. The Hall–Kier alpha value is -3.52. The minimum Gasteiger partial charge on any atom is -0.504 e. The number of para-hydroxylation sites is 1. The number of benzene rings is 2. The zero-order valence-corrected chi connectivity index (χ0v) is 17.3. The molecule has 2 heterocycles. The molecule has 1 amide bonds. The molecule has 9 heteroatoms. The van der Waals surface area contributed by atoms with Crippen molar-refractivity contribution >= 4 is 34.4 Å². The Labute approximate surface area is 177 Å². The number of aromatic hydroxyl groups is 1. The van der Waals surface area contributed by atoms with E-state index in [0.29, 0.717) is 33.4 Å². The molecule has 0 spiro atoms. The Morgan fingerprint density at radius 3 is 2.77 bits per heavy atom. The number of hydrogen-bond acceptors (Lipinski definition) is 6. The maximum absolute atomic E-state index is 12.4. The second-order valence-corrected chi connectivity index (χ2v) is 7.24. The Balaban J connectivity index is 1.50. The van der Waals surface area contributed by atoms with Crippen LogP contribution in [0.5, 0.6) is 11.5 Å². The number of carbonyl (C=O) groups excluding carboxylic acids is 1. The third-order valence-corrected chi connectivity index (χ3v) is 4.81. The van der Waals surface area contributed by atoms with Crippen LogP contribution in [0.15, 0.2) is 46.9 Å². The zero-order valence-electron chi connectivity index (χ0n) is 16.5. The summed E-state index contributed by atoms with van der Waals surface area (Å²) in [5.74, 6) is 0.531. The van der Waals surface area contributed by atoms with Gasteiger partial charge in [-0.2, -0.15) is 5.10 Å². The van der Waals surface area contributed by atoms with E-state index in [1.165, 1.54) is 6.07 Å². The van der Waals surface area contributed by atoms with Crippen LogP contribution in [0.1, 0.15) is 12.6 Å². The van der Waals surface area contributed by atoms with Gasteiger partial charge < -0.3 is 19.6 Å². The number of phenolic OH excluding ortho intramolecular Hbond substituents is 1. The lowest BCUT2D eigenvalue weighted by Gasteiger charge is -2.15. The fourth-order valence-electron chi connectivity index (χ4n) is 2.99. The lowest BCUT2D eigenvalue weighted by Crippen LogP contribution is -2.30. The van der Waals surface area contributed by atoms with E-state index in [1.807, 2.05) is 6.92 Å². The number of oxazole rings is 1. The first-order chi connectivity index (χ1) is 14.3. The number of anilines is 1. The predicted molar refractivity (Wildman–Crippen MR) is 113 cm³/mol. The standard InChI is InChI=1S/C21H19ClN4O4/c1-11-9-18(26(3)25-11)23-20(28)12(2)29-16-8-7-13(10-15(16)27)21-24-19-14(22)5-4-6-17(19)30-21/h4-10,12,27H,1-3H3,(H,23,28). The summed E-state index contributed by atoms with van der Waals surface area (Å²) in [6.45, 7) is 3.43. The number of aryl methyl sites for hydroxylation is 2. The van der Waals surface area contributed by atoms with Crippen LogP contribution in [0.3, 0.4) is 0 Å². The number of fused-ring (bicyclic) bond motifs is 1. The van der Waals surface area contributed by atoms with E-state index in [2.05, 4.69) is 15.4 Å². The summed E-state index contributed by atoms with van der Waals surface area (Å²) in [6, 6.07) is 11.7. The molecule has 0 radical (unpaired) electrons. The van der Waals surface area contributed by atoms with Gasteiger partial charge in [0.05, 0.1) is 10.7 Å². The molecule has 0 aliphatic rings. The van der Waals surface area contributed by atoms with Gasteiger partial charge in [0.1, 0.15) is 11.3 Å². The van der Waals surface area contributed by atoms with Gasteiger partial charge in [0, 0.05) is 18.7 Å². The summed E-state index contributed by atoms with van der Waals surface area (Å²) in [4.78, 5) is 16.8. The van der Waals surface area contributed by atoms with Crippen molar-refractivity contribution in [1.82, 2.24) is 14.8 Å². The lowest BCUT2D eigenvalue weighted by molar-refractivity contribution is -0.122. The first kappa shape index (κ1) is 19.8. The topological polar surface area (TPSA) is 102 Å².